The number of carbonyl (C=O) groups excluding carboxylic acids is 2. The maximum atomic E-state index is 12.9. The number of aromatic nitrogens is 1. The molecule has 0 aliphatic heterocycles. The van der Waals surface area contributed by atoms with Crippen LogP contribution in [0.4, 0.5) is 15.8 Å². The summed E-state index contributed by atoms with van der Waals surface area (Å²) < 4.78 is 18.1. The van der Waals surface area contributed by atoms with Gasteiger partial charge in [-0.25, -0.2) is 9.37 Å². The summed E-state index contributed by atoms with van der Waals surface area (Å²) in [5.74, 6) is -0.757. The van der Waals surface area contributed by atoms with E-state index in [0.717, 1.165) is 0 Å². The van der Waals surface area contributed by atoms with E-state index >= 15 is 0 Å². The lowest BCUT2D eigenvalue weighted by atomic mass is 10.2. The molecule has 0 bridgehead atoms. The summed E-state index contributed by atoms with van der Waals surface area (Å²) >= 11 is 0. The van der Waals surface area contributed by atoms with E-state index in [9.17, 15) is 14.0 Å². The summed E-state index contributed by atoms with van der Waals surface area (Å²) in [6.45, 7) is 0. The zero-order valence-corrected chi connectivity index (χ0v) is 14.4. The number of methoxy groups -OCH3 is 1. The van der Waals surface area contributed by atoms with E-state index in [0.29, 0.717) is 17.1 Å². The van der Waals surface area contributed by atoms with E-state index in [4.69, 9.17) is 4.74 Å². The number of carbonyl (C=O) groups is 2. The largest absolute Gasteiger partial charge is 0.497 e. The molecule has 136 valence electrons. The van der Waals surface area contributed by atoms with Crippen LogP contribution in [-0.4, -0.2) is 23.9 Å². The van der Waals surface area contributed by atoms with Crippen LogP contribution < -0.4 is 15.4 Å². The molecule has 7 heteroatoms. The highest BCUT2D eigenvalue weighted by Crippen LogP contribution is 2.17. The maximum Gasteiger partial charge on any atom is 0.274 e. The molecule has 0 saturated heterocycles. The first-order chi connectivity index (χ1) is 13.0. The van der Waals surface area contributed by atoms with Crippen molar-refractivity contribution in [1.82, 2.24) is 4.98 Å². The van der Waals surface area contributed by atoms with Crippen LogP contribution in [0.15, 0.2) is 66.7 Å². The van der Waals surface area contributed by atoms with Gasteiger partial charge in [0, 0.05) is 17.4 Å². The quantitative estimate of drug-likeness (QED) is 0.722. The number of ether oxygens (including phenoxy) is 1. The molecule has 0 radical (unpaired) electrons. The van der Waals surface area contributed by atoms with Gasteiger partial charge in [0.25, 0.3) is 11.8 Å². The topological polar surface area (TPSA) is 80.3 Å². The van der Waals surface area contributed by atoms with Gasteiger partial charge in [0.05, 0.1) is 7.11 Å². The van der Waals surface area contributed by atoms with Gasteiger partial charge in [-0.05, 0) is 48.5 Å². The Bertz CT molecular complexity index is 974. The van der Waals surface area contributed by atoms with Gasteiger partial charge in [-0.1, -0.05) is 12.1 Å². The number of rotatable bonds is 5. The SMILES string of the molecule is COc1cccc(NC(=O)c2cccc(C(=O)Nc3ccc(F)cc3)n2)c1. The molecule has 3 rings (SSSR count). The molecule has 0 aliphatic rings. The van der Waals surface area contributed by atoms with Crippen molar-refractivity contribution in [3.8, 4) is 5.75 Å². The molecule has 0 unspecified atom stereocenters. The minimum atomic E-state index is -0.502. The van der Waals surface area contributed by atoms with Gasteiger partial charge in [-0.2, -0.15) is 0 Å². The highest BCUT2D eigenvalue weighted by Gasteiger charge is 2.13. The number of halogens is 1. The predicted octanol–water partition coefficient (Wildman–Crippen LogP) is 3.73. The molecular formula is C20H16FN3O3. The molecule has 1 heterocycles. The number of nitrogens with zero attached hydrogens (tertiary/aromatic N) is 1. The average molecular weight is 365 g/mol. The number of hydrogen-bond donors (Lipinski definition) is 2. The summed E-state index contributed by atoms with van der Waals surface area (Å²) in [6.07, 6.45) is 0. The third-order valence-corrected chi connectivity index (χ3v) is 3.64. The normalized spacial score (nSPS) is 10.1. The first-order valence-electron chi connectivity index (χ1n) is 8.04. The second-order valence-corrected chi connectivity index (χ2v) is 5.56. The van der Waals surface area contributed by atoms with E-state index in [1.54, 1.807) is 30.3 Å². The maximum absolute atomic E-state index is 12.9. The first-order valence-corrected chi connectivity index (χ1v) is 8.04. The van der Waals surface area contributed by atoms with Crippen molar-refractivity contribution in [3.05, 3.63) is 83.9 Å². The molecule has 1 aromatic heterocycles. The summed E-state index contributed by atoms with van der Waals surface area (Å²) in [7, 11) is 1.53. The molecule has 0 aliphatic carbocycles. The van der Waals surface area contributed by atoms with Crippen LogP contribution in [0.25, 0.3) is 0 Å². The molecule has 6 nitrogen and oxygen atoms in total. The summed E-state index contributed by atoms with van der Waals surface area (Å²) in [4.78, 5) is 28.8. The van der Waals surface area contributed by atoms with E-state index in [1.807, 2.05) is 0 Å². The summed E-state index contributed by atoms with van der Waals surface area (Å²) in [5, 5.41) is 5.30. The fourth-order valence-electron chi connectivity index (χ4n) is 2.31. The highest BCUT2D eigenvalue weighted by atomic mass is 19.1. The molecule has 2 N–H and O–H groups in total. The third-order valence-electron chi connectivity index (χ3n) is 3.64. The van der Waals surface area contributed by atoms with Crippen molar-refractivity contribution in [2.75, 3.05) is 17.7 Å². The molecule has 0 fully saturated rings. The number of pyridine rings is 1. The van der Waals surface area contributed by atoms with Crippen LogP contribution >= 0.6 is 0 Å². The second kappa shape index (κ2) is 8.09. The minimum absolute atomic E-state index is 0.0672. The molecule has 0 spiro atoms. The first kappa shape index (κ1) is 18.1. The lowest BCUT2D eigenvalue weighted by Gasteiger charge is -2.08. The van der Waals surface area contributed by atoms with E-state index < -0.39 is 17.6 Å². The van der Waals surface area contributed by atoms with Crippen molar-refractivity contribution >= 4 is 23.2 Å². The molecule has 27 heavy (non-hydrogen) atoms. The number of amides is 2. The fraction of sp³-hybridized carbons (Fsp3) is 0.0500. The molecule has 2 amide bonds. The Hall–Kier alpha value is -3.74. The predicted molar refractivity (Wildman–Crippen MR) is 99.5 cm³/mol. The standard InChI is InChI=1S/C20H16FN3O3/c1-27-16-5-2-4-15(12-16)23-20(26)18-7-3-6-17(24-18)19(25)22-14-10-8-13(21)9-11-14/h2-12H,1H3,(H,22,25)(H,23,26). The Balaban J connectivity index is 1.73. The third kappa shape index (κ3) is 4.66. The second-order valence-electron chi connectivity index (χ2n) is 5.56. The van der Waals surface area contributed by atoms with Gasteiger partial charge in [0.1, 0.15) is 23.0 Å². The van der Waals surface area contributed by atoms with E-state index in [2.05, 4.69) is 15.6 Å². The Labute approximate surface area is 155 Å². The van der Waals surface area contributed by atoms with Crippen molar-refractivity contribution < 1.29 is 18.7 Å². The van der Waals surface area contributed by atoms with Crippen molar-refractivity contribution in [2.24, 2.45) is 0 Å². The van der Waals surface area contributed by atoms with Crippen molar-refractivity contribution in [3.63, 3.8) is 0 Å². The smallest absolute Gasteiger partial charge is 0.274 e. The monoisotopic (exact) mass is 365 g/mol. The Morgan fingerprint density at radius 2 is 1.44 bits per heavy atom. The number of nitrogens with one attached hydrogen (secondary N) is 2. The Morgan fingerprint density at radius 3 is 2.07 bits per heavy atom. The van der Waals surface area contributed by atoms with Crippen LogP contribution in [0.3, 0.4) is 0 Å². The van der Waals surface area contributed by atoms with Crippen LogP contribution in [0.5, 0.6) is 5.75 Å². The fourth-order valence-corrected chi connectivity index (χ4v) is 2.31. The van der Waals surface area contributed by atoms with Gasteiger partial charge in [-0.3, -0.25) is 9.59 Å². The lowest BCUT2D eigenvalue weighted by Crippen LogP contribution is -2.18. The highest BCUT2D eigenvalue weighted by molar-refractivity contribution is 6.06. The Morgan fingerprint density at radius 1 is 0.852 bits per heavy atom. The van der Waals surface area contributed by atoms with E-state index in [1.165, 1.54) is 43.5 Å². The lowest BCUT2D eigenvalue weighted by molar-refractivity contribution is 0.101. The van der Waals surface area contributed by atoms with Gasteiger partial charge >= 0.3 is 0 Å². The molecule has 0 saturated carbocycles. The van der Waals surface area contributed by atoms with Crippen molar-refractivity contribution in [2.45, 2.75) is 0 Å². The van der Waals surface area contributed by atoms with Gasteiger partial charge in [-0.15, -0.1) is 0 Å². The van der Waals surface area contributed by atoms with Gasteiger partial charge in [0.15, 0.2) is 0 Å². The number of anilines is 2. The average Bonchev–Trinajstić information content (AvgIpc) is 2.70. The molecule has 3 aromatic rings. The van der Waals surface area contributed by atoms with Gasteiger partial charge < -0.3 is 15.4 Å². The molecule has 0 atom stereocenters. The van der Waals surface area contributed by atoms with E-state index in [-0.39, 0.29) is 11.4 Å². The van der Waals surface area contributed by atoms with Crippen LogP contribution in [0.2, 0.25) is 0 Å². The van der Waals surface area contributed by atoms with Crippen molar-refractivity contribution in [1.29, 1.82) is 0 Å². The summed E-state index contributed by atoms with van der Waals surface area (Å²) in [5.41, 5.74) is 1.12. The van der Waals surface area contributed by atoms with Crippen LogP contribution in [0, 0.1) is 5.82 Å². The van der Waals surface area contributed by atoms with Crippen LogP contribution in [-0.2, 0) is 0 Å². The molecular weight excluding hydrogens is 349 g/mol. The van der Waals surface area contributed by atoms with Gasteiger partial charge in [0.2, 0.25) is 0 Å². The summed E-state index contributed by atoms with van der Waals surface area (Å²) in [6, 6.07) is 16.8. The minimum Gasteiger partial charge on any atom is -0.497 e. The zero-order valence-electron chi connectivity index (χ0n) is 14.4. The zero-order chi connectivity index (χ0) is 19.2. The number of benzene rings is 2. The number of hydrogen-bond acceptors (Lipinski definition) is 4. The molecule has 2 aromatic carbocycles. The Kier molecular flexibility index (Phi) is 5.41. The van der Waals surface area contributed by atoms with Crippen LogP contribution in [0.1, 0.15) is 21.0 Å².